The van der Waals surface area contributed by atoms with Gasteiger partial charge in [0, 0.05) is 6.42 Å². The van der Waals surface area contributed by atoms with Crippen LogP contribution in [0.15, 0.2) is 12.1 Å². The molecule has 0 heterocycles. The number of hydrogen-bond donors (Lipinski definition) is 2. The van der Waals surface area contributed by atoms with Crippen LogP contribution < -0.4 is 5.73 Å². The van der Waals surface area contributed by atoms with Crippen LogP contribution in [-0.4, -0.2) is 22.4 Å². The van der Waals surface area contributed by atoms with Gasteiger partial charge < -0.3 is 10.8 Å². The quantitative estimate of drug-likeness (QED) is 0.887. The fourth-order valence-corrected chi connectivity index (χ4v) is 4.28. The van der Waals surface area contributed by atoms with Gasteiger partial charge in [0.2, 0.25) is 0 Å². The number of ketones is 1. The van der Waals surface area contributed by atoms with Gasteiger partial charge in [0.1, 0.15) is 11.3 Å². The lowest BCUT2D eigenvalue weighted by Gasteiger charge is -2.47. The number of rotatable bonds is 4. The van der Waals surface area contributed by atoms with E-state index >= 15 is 0 Å². The van der Waals surface area contributed by atoms with Crippen LogP contribution in [0.2, 0.25) is 0 Å². The molecule has 0 amide bonds. The van der Waals surface area contributed by atoms with Crippen LogP contribution in [0.3, 0.4) is 0 Å². The highest BCUT2D eigenvalue weighted by Crippen LogP contribution is 2.46. The number of carboxylic acid groups (broad SMARTS) is 1. The Morgan fingerprint density at radius 1 is 1.25 bits per heavy atom. The summed E-state index contributed by atoms with van der Waals surface area (Å²) in [5.41, 5.74) is 8.07. The summed E-state index contributed by atoms with van der Waals surface area (Å²) in [6.07, 6.45) is 1.86. The van der Waals surface area contributed by atoms with E-state index in [2.05, 4.69) is 19.1 Å². The van der Waals surface area contributed by atoms with Crippen molar-refractivity contribution in [3.8, 4) is 0 Å². The lowest BCUT2D eigenvalue weighted by Crippen LogP contribution is -2.65. The van der Waals surface area contributed by atoms with Gasteiger partial charge in [-0.3, -0.25) is 9.59 Å². The Balaban J connectivity index is 2.41. The minimum absolute atomic E-state index is 0.0611. The van der Waals surface area contributed by atoms with Gasteiger partial charge in [-0.15, -0.1) is 0 Å². The standard InChI is InChI=1S/C20H29NO3/c1-12-6-7-20(21,18(23)24)19(5,11-12)17(22)10-16-14(3)8-13(2)9-15(16)4/h8-9,12H,6-7,10-11,21H2,1-5H3,(H,23,24). The molecule has 4 nitrogen and oxygen atoms in total. The first-order valence-corrected chi connectivity index (χ1v) is 8.63. The summed E-state index contributed by atoms with van der Waals surface area (Å²) in [4.78, 5) is 25.1. The molecule has 0 aromatic heterocycles. The van der Waals surface area contributed by atoms with Crippen molar-refractivity contribution in [2.75, 3.05) is 0 Å². The average Bonchev–Trinajstić information content (AvgIpc) is 2.46. The fourth-order valence-electron chi connectivity index (χ4n) is 4.28. The summed E-state index contributed by atoms with van der Waals surface area (Å²) in [6, 6.07) is 4.13. The molecule has 1 aromatic rings. The largest absolute Gasteiger partial charge is 0.480 e. The zero-order valence-electron chi connectivity index (χ0n) is 15.4. The molecular weight excluding hydrogens is 302 g/mol. The Bertz CT molecular complexity index is 658. The molecule has 0 spiro atoms. The number of benzene rings is 1. The van der Waals surface area contributed by atoms with Gasteiger partial charge in [0.25, 0.3) is 0 Å². The minimum atomic E-state index is -1.48. The molecule has 1 aliphatic rings. The predicted molar refractivity (Wildman–Crippen MR) is 95.0 cm³/mol. The topological polar surface area (TPSA) is 80.4 Å². The normalized spacial score (nSPS) is 30.2. The number of hydrogen-bond acceptors (Lipinski definition) is 3. The van der Waals surface area contributed by atoms with Crippen LogP contribution >= 0.6 is 0 Å². The summed E-state index contributed by atoms with van der Waals surface area (Å²) in [5.74, 6) is -0.827. The number of aryl methyl sites for hydroxylation is 3. The molecule has 3 unspecified atom stereocenters. The van der Waals surface area contributed by atoms with Gasteiger partial charge in [-0.2, -0.15) is 0 Å². The molecule has 3 atom stereocenters. The maximum atomic E-state index is 13.2. The van der Waals surface area contributed by atoms with Gasteiger partial charge in [-0.05, 0) is 62.6 Å². The maximum Gasteiger partial charge on any atom is 0.324 e. The summed E-state index contributed by atoms with van der Waals surface area (Å²) in [7, 11) is 0. The molecule has 1 fully saturated rings. The van der Waals surface area contributed by atoms with Crippen molar-refractivity contribution < 1.29 is 14.7 Å². The van der Waals surface area contributed by atoms with Gasteiger partial charge in [-0.1, -0.05) is 31.5 Å². The first kappa shape index (κ1) is 18.7. The van der Waals surface area contributed by atoms with Crippen LogP contribution in [0.25, 0.3) is 0 Å². The minimum Gasteiger partial charge on any atom is -0.480 e. The summed E-state index contributed by atoms with van der Waals surface area (Å²) < 4.78 is 0. The van der Waals surface area contributed by atoms with Crippen LogP contribution in [0.1, 0.15) is 55.4 Å². The van der Waals surface area contributed by atoms with E-state index in [9.17, 15) is 14.7 Å². The van der Waals surface area contributed by atoms with E-state index in [-0.39, 0.29) is 12.2 Å². The summed E-state index contributed by atoms with van der Waals surface area (Å²) >= 11 is 0. The molecule has 2 rings (SSSR count). The lowest BCUT2D eigenvalue weighted by molar-refractivity contribution is -0.158. The molecule has 132 valence electrons. The third kappa shape index (κ3) is 3.00. The van der Waals surface area contributed by atoms with E-state index in [0.29, 0.717) is 18.8 Å². The molecule has 0 bridgehead atoms. The molecule has 3 N–H and O–H groups in total. The molecular formula is C20H29NO3. The Labute approximate surface area is 144 Å². The van der Waals surface area contributed by atoms with Crippen molar-refractivity contribution in [2.45, 2.75) is 65.8 Å². The smallest absolute Gasteiger partial charge is 0.324 e. The van der Waals surface area contributed by atoms with Gasteiger partial charge >= 0.3 is 5.97 Å². The van der Waals surface area contributed by atoms with Crippen molar-refractivity contribution >= 4 is 11.8 Å². The average molecular weight is 331 g/mol. The van der Waals surface area contributed by atoms with Crippen molar-refractivity contribution in [3.63, 3.8) is 0 Å². The molecule has 0 aliphatic heterocycles. The molecule has 0 radical (unpaired) electrons. The maximum absolute atomic E-state index is 13.2. The number of carbonyl (C=O) groups excluding carboxylic acids is 1. The monoisotopic (exact) mass is 331 g/mol. The third-order valence-corrected chi connectivity index (χ3v) is 5.95. The van der Waals surface area contributed by atoms with E-state index in [1.165, 1.54) is 0 Å². The Kier molecular flexibility index (Phi) is 4.91. The second kappa shape index (κ2) is 6.32. The highest BCUT2D eigenvalue weighted by molar-refractivity contribution is 5.95. The zero-order chi connectivity index (χ0) is 18.3. The van der Waals surface area contributed by atoms with Gasteiger partial charge in [0.05, 0.1) is 5.41 Å². The highest BCUT2D eigenvalue weighted by atomic mass is 16.4. The number of aliphatic carboxylic acids is 1. The van der Waals surface area contributed by atoms with Crippen molar-refractivity contribution in [1.82, 2.24) is 0 Å². The van der Waals surface area contributed by atoms with Crippen LogP contribution in [-0.2, 0) is 16.0 Å². The molecule has 24 heavy (non-hydrogen) atoms. The van der Waals surface area contributed by atoms with E-state index in [4.69, 9.17) is 5.73 Å². The Hall–Kier alpha value is -1.68. The Morgan fingerprint density at radius 2 is 1.79 bits per heavy atom. The first-order chi connectivity index (χ1) is 11.0. The van der Waals surface area contributed by atoms with Gasteiger partial charge in [-0.25, -0.2) is 0 Å². The molecule has 0 saturated heterocycles. The highest BCUT2D eigenvalue weighted by Gasteiger charge is 2.57. The second-order valence-corrected chi connectivity index (χ2v) is 7.93. The number of carbonyl (C=O) groups is 2. The first-order valence-electron chi connectivity index (χ1n) is 8.63. The molecule has 1 saturated carbocycles. The van der Waals surface area contributed by atoms with Crippen molar-refractivity contribution in [2.24, 2.45) is 17.1 Å². The predicted octanol–water partition coefficient (Wildman–Crippen LogP) is 3.33. The third-order valence-electron chi connectivity index (χ3n) is 5.95. The summed E-state index contributed by atoms with van der Waals surface area (Å²) in [6.45, 7) is 9.85. The molecule has 1 aliphatic carbocycles. The van der Waals surface area contributed by atoms with Crippen LogP contribution in [0, 0.1) is 32.1 Å². The van der Waals surface area contributed by atoms with E-state index in [0.717, 1.165) is 28.7 Å². The van der Waals surface area contributed by atoms with Gasteiger partial charge in [0.15, 0.2) is 0 Å². The van der Waals surface area contributed by atoms with E-state index < -0.39 is 16.9 Å². The second-order valence-electron chi connectivity index (χ2n) is 7.93. The van der Waals surface area contributed by atoms with E-state index in [1.807, 2.05) is 20.8 Å². The van der Waals surface area contributed by atoms with Crippen LogP contribution in [0.4, 0.5) is 0 Å². The van der Waals surface area contributed by atoms with Crippen LogP contribution in [0.5, 0.6) is 0 Å². The number of carboxylic acids is 1. The number of nitrogens with two attached hydrogens (primary N) is 1. The Morgan fingerprint density at radius 3 is 2.29 bits per heavy atom. The summed E-state index contributed by atoms with van der Waals surface area (Å²) in [5, 5.41) is 9.70. The van der Waals surface area contributed by atoms with Crippen molar-refractivity contribution in [1.29, 1.82) is 0 Å². The SMILES string of the molecule is Cc1cc(C)c(CC(=O)C2(C)CC(C)CCC2(N)C(=O)O)c(C)c1. The fraction of sp³-hybridized carbons (Fsp3) is 0.600. The lowest BCUT2D eigenvalue weighted by atomic mass is 9.57. The van der Waals surface area contributed by atoms with Crippen molar-refractivity contribution in [3.05, 3.63) is 34.4 Å². The number of Topliss-reactive ketones (excluding diaryl/α,β-unsaturated/α-hetero) is 1. The molecule has 1 aromatic carbocycles. The van der Waals surface area contributed by atoms with E-state index in [1.54, 1.807) is 6.92 Å². The zero-order valence-corrected chi connectivity index (χ0v) is 15.4. The molecule has 4 heteroatoms.